The fourth-order valence-electron chi connectivity index (χ4n) is 4.02. The number of hydrogen-bond acceptors (Lipinski definition) is 6. The van der Waals surface area contributed by atoms with Crippen LogP contribution in [0.4, 0.5) is 16.6 Å². The highest BCUT2D eigenvalue weighted by atomic mass is 16.6. The van der Waals surface area contributed by atoms with E-state index in [0.29, 0.717) is 30.2 Å². The minimum Gasteiger partial charge on any atom is -0.410 e. The summed E-state index contributed by atoms with van der Waals surface area (Å²) >= 11 is 0. The van der Waals surface area contributed by atoms with Gasteiger partial charge in [0, 0.05) is 32.1 Å². The zero-order valence-electron chi connectivity index (χ0n) is 18.0. The summed E-state index contributed by atoms with van der Waals surface area (Å²) in [6.07, 6.45) is 3.72. The van der Waals surface area contributed by atoms with Gasteiger partial charge in [-0.25, -0.2) is 9.78 Å². The lowest BCUT2D eigenvalue weighted by Crippen LogP contribution is -2.35. The number of ether oxygens (including phenoxy) is 1. The lowest BCUT2D eigenvalue weighted by atomic mass is 9.86. The van der Waals surface area contributed by atoms with Crippen LogP contribution in [0.2, 0.25) is 0 Å². The lowest BCUT2D eigenvalue weighted by molar-refractivity contribution is 0.196. The molecule has 2 N–H and O–H groups in total. The van der Waals surface area contributed by atoms with E-state index in [0.717, 1.165) is 42.4 Å². The predicted octanol–water partition coefficient (Wildman–Crippen LogP) is 4.46. The Morgan fingerprint density at radius 2 is 1.71 bits per heavy atom. The average molecular weight is 420 g/mol. The van der Waals surface area contributed by atoms with Crippen molar-refractivity contribution in [2.75, 3.05) is 30.9 Å². The summed E-state index contributed by atoms with van der Waals surface area (Å²) in [5, 5.41) is 7.47. The third-order valence-corrected chi connectivity index (χ3v) is 5.68. The quantitative estimate of drug-likeness (QED) is 0.614. The first-order valence-electron chi connectivity index (χ1n) is 10.8. The molecule has 0 aliphatic heterocycles. The van der Waals surface area contributed by atoms with Gasteiger partial charge in [-0.05, 0) is 55.9 Å². The Kier molecular flexibility index (Phi) is 6.50. The van der Waals surface area contributed by atoms with Crippen LogP contribution >= 0.6 is 0 Å². The first-order chi connectivity index (χ1) is 15.1. The van der Waals surface area contributed by atoms with Crippen LogP contribution in [0.3, 0.4) is 0 Å². The second kappa shape index (κ2) is 9.64. The molecule has 1 amide bonds. The number of rotatable bonds is 6. The van der Waals surface area contributed by atoms with Gasteiger partial charge in [0.1, 0.15) is 11.6 Å². The molecule has 0 unspecified atom stereocenters. The van der Waals surface area contributed by atoms with Gasteiger partial charge in [-0.1, -0.05) is 30.3 Å². The third kappa shape index (κ3) is 5.42. The molecule has 4 rings (SSSR count). The van der Waals surface area contributed by atoms with Gasteiger partial charge in [-0.2, -0.15) is 4.98 Å². The normalized spacial score (nSPS) is 18.4. The summed E-state index contributed by atoms with van der Waals surface area (Å²) in [5.74, 6) is 2.61. The van der Waals surface area contributed by atoms with Crippen molar-refractivity contribution >= 4 is 28.8 Å². The molecule has 31 heavy (non-hydrogen) atoms. The van der Waals surface area contributed by atoms with E-state index in [-0.39, 0.29) is 0 Å². The number of fused-ring (bicyclic) bond motifs is 1. The van der Waals surface area contributed by atoms with Crippen LogP contribution in [-0.2, 0) is 0 Å². The lowest BCUT2D eigenvalue weighted by Gasteiger charge is -2.29. The highest BCUT2D eigenvalue weighted by Gasteiger charge is 2.23. The summed E-state index contributed by atoms with van der Waals surface area (Å²) in [5.41, 5.74) is 0.943. The number of nitrogens with zero attached hydrogens (tertiary/aromatic N) is 3. The number of anilines is 2. The number of carbonyl (C=O) groups excluding carboxylic acids is 1. The Morgan fingerprint density at radius 3 is 2.45 bits per heavy atom. The number of amides is 1. The predicted molar refractivity (Wildman–Crippen MR) is 124 cm³/mol. The Labute approximate surface area is 182 Å². The largest absolute Gasteiger partial charge is 0.412 e. The molecule has 0 spiro atoms. The summed E-state index contributed by atoms with van der Waals surface area (Å²) < 4.78 is 5.29. The van der Waals surface area contributed by atoms with Crippen molar-refractivity contribution in [3.63, 3.8) is 0 Å². The fraction of sp³-hybridized carbons (Fsp3) is 0.375. The van der Waals surface area contributed by atoms with Crippen LogP contribution in [0.1, 0.15) is 25.7 Å². The number of hydrogen-bond donors (Lipinski definition) is 2. The summed E-state index contributed by atoms with van der Waals surface area (Å²) in [6, 6.07) is 17.5. The Hall–Kier alpha value is -3.35. The first-order valence-corrected chi connectivity index (χ1v) is 10.8. The van der Waals surface area contributed by atoms with Crippen LogP contribution in [0.25, 0.3) is 10.9 Å². The fourth-order valence-corrected chi connectivity index (χ4v) is 4.02. The monoisotopic (exact) mass is 419 g/mol. The van der Waals surface area contributed by atoms with Crippen LogP contribution in [0.15, 0.2) is 54.6 Å². The second-order valence-corrected chi connectivity index (χ2v) is 8.23. The molecule has 1 fully saturated rings. The van der Waals surface area contributed by atoms with Crippen LogP contribution in [0, 0.1) is 5.92 Å². The molecular formula is C24H29N5O2. The van der Waals surface area contributed by atoms with Crippen molar-refractivity contribution in [1.82, 2.24) is 15.3 Å². The van der Waals surface area contributed by atoms with E-state index < -0.39 is 6.09 Å². The summed E-state index contributed by atoms with van der Waals surface area (Å²) in [7, 11) is 4.00. The van der Waals surface area contributed by atoms with Gasteiger partial charge < -0.3 is 20.3 Å². The van der Waals surface area contributed by atoms with E-state index in [1.54, 1.807) is 12.1 Å². The molecule has 0 bridgehead atoms. The molecule has 7 nitrogen and oxygen atoms in total. The van der Waals surface area contributed by atoms with Crippen LogP contribution < -0.4 is 20.3 Å². The van der Waals surface area contributed by atoms with E-state index in [9.17, 15) is 4.79 Å². The maximum absolute atomic E-state index is 12.0. The maximum Gasteiger partial charge on any atom is 0.412 e. The molecule has 1 aliphatic rings. The number of nitrogens with one attached hydrogen (secondary N) is 2. The minimum absolute atomic E-state index is 0.337. The SMILES string of the molecule is CN(C)c1nc(NC2CCC(CNC(=O)Oc3ccccc3)CC2)nc2ccccc12. The zero-order valence-corrected chi connectivity index (χ0v) is 18.0. The molecule has 7 heteroatoms. The standard InChI is InChI=1S/C24H29N5O2/c1-29(2)22-20-10-6-7-11-21(20)27-23(28-22)26-18-14-12-17(13-15-18)16-25-24(30)31-19-8-4-3-5-9-19/h3-11,17-18H,12-16H2,1-2H3,(H,25,30)(H,26,27,28). The molecule has 1 saturated carbocycles. The van der Waals surface area contributed by atoms with Gasteiger partial charge in [-0.3, -0.25) is 0 Å². The van der Waals surface area contributed by atoms with Gasteiger partial charge in [-0.15, -0.1) is 0 Å². The Morgan fingerprint density at radius 1 is 1.00 bits per heavy atom. The summed E-state index contributed by atoms with van der Waals surface area (Å²) in [4.78, 5) is 23.5. The second-order valence-electron chi connectivity index (χ2n) is 8.23. The van der Waals surface area contributed by atoms with Crippen molar-refractivity contribution in [2.45, 2.75) is 31.7 Å². The molecule has 0 radical (unpaired) electrons. The zero-order chi connectivity index (χ0) is 21.6. The molecule has 1 heterocycles. The molecule has 1 aliphatic carbocycles. The van der Waals surface area contributed by atoms with Crippen molar-refractivity contribution < 1.29 is 9.53 Å². The molecule has 162 valence electrons. The Balaban J connectivity index is 1.28. The van der Waals surface area contributed by atoms with Gasteiger partial charge in [0.2, 0.25) is 5.95 Å². The molecular weight excluding hydrogens is 390 g/mol. The van der Waals surface area contributed by atoms with Gasteiger partial charge >= 0.3 is 6.09 Å². The van der Waals surface area contributed by atoms with Crippen molar-refractivity contribution in [1.29, 1.82) is 0 Å². The number of carbonyl (C=O) groups is 1. The molecule has 0 saturated heterocycles. The highest BCUT2D eigenvalue weighted by molar-refractivity contribution is 5.90. The average Bonchev–Trinajstić information content (AvgIpc) is 2.78. The van der Waals surface area contributed by atoms with Crippen molar-refractivity contribution in [2.24, 2.45) is 5.92 Å². The van der Waals surface area contributed by atoms with Gasteiger partial charge in [0.15, 0.2) is 0 Å². The van der Waals surface area contributed by atoms with E-state index >= 15 is 0 Å². The van der Waals surface area contributed by atoms with Gasteiger partial charge in [0.05, 0.1) is 5.52 Å². The third-order valence-electron chi connectivity index (χ3n) is 5.68. The van der Waals surface area contributed by atoms with E-state index in [1.165, 1.54) is 0 Å². The molecule has 2 aromatic carbocycles. The molecule has 1 aromatic heterocycles. The molecule has 0 atom stereocenters. The van der Waals surface area contributed by atoms with Crippen molar-refractivity contribution in [3.8, 4) is 5.75 Å². The number of benzene rings is 2. The first kappa shape index (κ1) is 20.9. The van der Waals surface area contributed by atoms with E-state index in [4.69, 9.17) is 14.7 Å². The minimum atomic E-state index is -0.396. The number of aromatic nitrogens is 2. The van der Waals surface area contributed by atoms with E-state index in [1.807, 2.05) is 55.4 Å². The van der Waals surface area contributed by atoms with E-state index in [2.05, 4.69) is 16.7 Å². The van der Waals surface area contributed by atoms with Crippen molar-refractivity contribution in [3.05, 3.63) is 54.6 Å². The smallest absolute Gasteiger partial charge is 0.410 e. The summed E-state index contributed by atoms with van der Waals surface area (Å²) in [6.45, 7) is 0.635. The number of para-hydroxylation sites is 2. The van der Waals surface area contributed by atoms with Crippen LogP contribution in [-0.4, -0.2) is 42.7 Å². The molecule has 3 aromatic rings. The topological polar surface area (TPSA) is 79.4 Å². The van der Waals surface area contributed by atoms with Crippen LogP contribution in [0.5, 0.6) is 5.75 Å². The Bertz CT molecular complexity index is 1020. The van der Waals surface area contributed by atoms with Gasteiger partial charge in [0.25, 0.3) is 0 Å². The highest BCUT2D eigenvalue weighted by Crippen LogP contribution is 2.28. The maximum atomic E-state index is 12.0.